The Labute approximate surface area is 111 Å². The normalized spacial score (nSPS) is 15.0. The van der Waals surface area contributed by atoms with Gasteiger partial charge in [-0.1, -0.05) is 11.6 Å². The highest BCUT2D eigenvalue weighted by Gasteiger charge is 2.19. The maximum absolute atomic E-state index is 11.9. The van der Waals surface area contributed by atoms with Crippen LogP contribution in [0.25, 0.3) is 0 Å². The number of halogens is 1. The number of rotatable bonds is 1. The number of ether oxygens (including phenoxy) is 1. The molecule has 1 aromatic rings. The lowest BCUT2D eigenvalue weighted by Crippen LogP contribution is -2.37. The molecule has 0 aliphatic carbocycles. The van der Waals surface area contributed by atoms with Gasteiger partial charge in [-0.05, 0) is 37.5 Å². The minimum atomic E-state index is -0.395. The van der Waals surface area contributed by atoms with Gasteiger partial charge in [-0.3, -0.25) is 0 Å². The van der Waals surface area contributed by atoms with Crippen molar-refractivity contribution in [3.63, 3.8) is 0 Å². The smallest absolute Gasteiger partial charge is 0.409 e. The van der Waals surface area contributed by atoms with Gasteiger partial charge in [-0.25, -0.2) is 4.79 Å². The van der Waals surface area contributed by atoms with E-state index in [1.54, 1.807) is 17.0 Å². The zero-order chi connectivity index (χ0) is 13.0. The van der Waals surface area contributed by atoms with Crippen LogP contribution in [0.5, 0.6) is 5.75 Å². The molecule has 0 unspecified atom stereocenters. The number of carbonyl (C=O) groups excluding carboxylic acids is 1. The number of hydrogen-bond acceptors (Lipinski definition) is 3. The van der Waals surface area contributed by atoms with Crippen LogP contribution in [-0.4, -0.2) is 24.1 Å². The lowest BCUT2D eigenvalue weighted by molar-refractivity contribution is 0.142. The number of carbonyl (C=O) groups is 1. The summed E-state index contributed by atoms with van der Waals surface area (Å²) in [5, 5.41) is 9.40. The molecule has 0 saturated carbocycles. The minimum Gasteiger partial charge on any atom is -0.409 e. The highest BCUT2D eigenvalue weighted by atomic mass is 35.5. The van der Waals surface area contributed by atoms with Crippen molar-refractivity contribution in [1.82, 2.24) is 4.90 Å². The molecule has 1 aromatic carbocycles. The van der Waals surface area contributed by atoms with Gasteiger partial charge in [0.25, 0.3) is 0 Å². The largest absolute Gasteiger partial charge is 0.415 e. The number of nitriles is 1. The average molecular weight is 265 g/mol. The van der Waals surface area contributed by atoms with E-state index in [0.717, 1.165) is 19.3 Å². The van der Waals surface area contributed by atoms with Gasteiger partial charge in [-0.2, -0.15) is 5.26 Å². The Morgan fingerprint density at radius 2 is 2.06 bits per heavy atom. The van der Waals surface area contributed by atoms with Crippen molar-refractivity contribution in [2.75, 3.05) is 13.1 Å². The van der Waals surface area contributed by atoms with Crippen LogP contribution in [0.3, 0.4) is 0 Å². The summed E-state index contributed by atoms with van der Waals surface area (Å²) in [6.45, 7) is 1.43. The molecule has 1 aliphatic heterocycles. The zero-order valence-electron chi connectivity index (χ0n) is 9.86. The summed E-state index contributed by atoms with van der Waals surface area (Å²) in [6, 6.07) is 6.59. The second kappa shape index (κ2) is 5.74. The summed E-state index contributed by atoms with van der Waals surface area (Å²) in [5.41, 5.74) is 0.271. The first-order chi connectivity index (χ1) is 8.70. The third kappa shape index (κ3) is 2.93. The van der Waals surface area contributed by atoms with Gasteiger partial charge in [0.1, 0.15) is 6.07 Å². The average Bonchev–Trinajstić information content (AvgIpc) is 2.41. The molecule has 5 heteroatoms. The van der Waals surface area contributed by atoms with E-state index in [0.29, 0.717) is 18.1 Å². The SMILES string of the molecule is N#Cc1cc(Cl)ccc1OC(=O)N1CCCCC1. The van der Waals surface area contributed by atoms with Gasteiger partial charge in [0.2, 0.25) is 0 Å². The number of hydrogen-bond donors (Lipinski definition) is 0. The molecule has 4 nitrogen and oxygen atoms in total. The maximum Gasteiger partial charge on any atom is 0.415 e. The van der Waals surface area contributed by atoms with Gasteiger partial charge in [0.15, 0.2) is 5.75 Å². The predicted octanol–water partition coefficient (Wildman–Crippen LogP) is 3.20. The number of benzene rings is 1. The first kappa shape index (κ1) is 12.7. The molecule has 0 radical (unpaired) electrons. The number of nitrogens with zero attached hydrogens (tertiary/aromatic N) is 2. The van der Waals surface area contributed by atoms with E-state index >= 15 is 0 Å². The Hall–Kier alpha value is -1.73. The summed E-state index contributed by atoms with van der Waals surface area (Å²) >= 11 is 5.78. The van der Waals surface area contributed by atoms with Crippen molar-refractivity contribution in [3.8, 4) is 11.8 Å². The van der Waals surface area contributed by atoms with Crippen LogP contribution in [0.4, 0.5) is 4.79 Å². The Bertz CT molecular complexity index is 490. The van der Waals surface area contributed by atoms with E-state index in [1.807, 2.05) is 6.07 Å². The first-order valence-corrected chi connectivity index (χ1v) is 6.25. The molecule has 94 valence electrons. The topological polar surface area (TPSA) is 53.3 Å². The van der Waals surface area contributed by atoms with Crippen LogP contribution in [-0.2, 0) is 0 Å². The zero-order valence-corrected chi connectivity index (χ0v) is 10.6. The summed E-state index contributed by atoms with van der Waals surface area (Å²) in [6.07, 6.45) is 2.75. The van der Waals surface area contributed by atoms with E-state index in [9.17, 15) is 4.79 Å². The van der Waals surface area contributed by atoms with Crippen LogP contribution < -0.4 is 4.74 Å². The van der Waals surface area contributed by atoms with Gasteiger partial charge in [0, 0.05) is 18.1 Å². The van der Waals surface area contributed by atoms with Crippen LogP contribution >= 0.6 is 11.6 Å². The number of likely N-dealkylation sites (tertiary alicyclic amines) is 1. The van der Waals surface area contributed by atoms with Gasteiger partial charge in [-0.15, -0.1) is 0 Å². The summed E-state index contributed by atoms with van der Waals surface area (Å²) < 4.78 is 5.24. The summed E-state index contributed by atoms with van der Waals surface area (Å²) in [7, 11) is 0. The van der Waals surface area contributed by atoms with Crippen molar-refractivity contribution in [2.45, 2.75) is 19.3 Å². The highest BCUT2D eigenvalue weighted by Crippen LogP contribution is 2.23. The molecule has 1 aliphatic rings. The van der Waals surface area contributed by atoms with Crippen molar-refractivity contribution in [1.29, 1.82) is 5.26 Å². The monoisotopic (exact) mass is 264 g/mol. The second-order valence-corrected chi connectivity index (χ2v) is 4.60. The molecule has 0 N–H and O–H groups in total. The molecule has 0 atom stereocenters. The van der Waals surface area contributed by atoms with E-state index < -0.39 is 6.09 Å². The molecule has 1 saturated heterocycles. The van der Waals surface area contributed by atoms with Gasteiger partial charge < -0.3 is 9.64 Å². The number of amides is 1. The standard InChI is InChI=1S/C13H13ClN2O2/c14-11-4-5-12(10(8-11)9-15)18-13(17)16-6-2-1-3-7-16/h4-5,8H,1-3,6-7H2. The van der Waals surface area contributed by atoms with Crippen LogP contribution in [0.2, 0.25) is 5.02 Å². The fraction of sp³-hybridized carbons (Fsp3) is 0.385. The summed E-state index contributed by atoms with van der Waals surface area (Å²) in [5.74, 6) is 0.262. The number of piperidine rings is 1. The molecule has 0 spiro atoms. The fourth-order valence-electron chi connectivity index (χ4n) is 1.91. The molecule has 0 aromatic heterocycles. The van der Waals surface area contributed by atoms with Crippen LogP contribution in [0.15, 0.2) is 18.2 Å². The first-order valence-electron chi connectivity index (χ1n) is 5.87. The predicted molar refractivity (Wildman–Crippen MR) is 67.6 cm³/mol. The maximum atomic E-state index is 11.9. The van der Waals surface area contributed by atoms with E-state index in [4.69, 9.17) is 21.6 Å². The highest BCUT2D eigenvalue weighted by molar-refractivity contribution is 6.30. The third-order valence-corrected chi connectivity index (χ3v) is 3.11. The van der Waals surface area contributed by atoms with Crippen LogP contribution in [0, 0.1) is 11.3 Å². The summed E-state index contributed by atoms with van der Waals surface area (Å²) in [4.78, 5) is 13.5. The molecule has 18 heavy (non-hydrogen) atoms. The van der Waals surface area contributed by atoms with Crippen molar-refractivity contribution in [2.24, 2.45) is 0 Å². The van der Waals surface area contributed by atoms with E-state index in [1.165, 1.54) is 6.07 Å². The Balaban J connectivity index is 2.09. The Kier molecular flexibility index (Phi) is 4.06. The van der Waals surface area contributed by atoms with Crippen molar-refractivity contribution in [3.05, 3.63) is 28.8 Å². The Morgan fingerprint density at radius 1 is 1.33 bits per heavy atom. The molecule has 2 rings (SSSR count). The quantitative estimate of drug-likeness (QED) is 0.783. The van der Waals surface area contributed by atoms with Crippen LogP contribution in [0.1, 0.15) is 24.8 Å². The molecule has 0 bridgehead atoms. The van der Waals surface area contributed by atoms with Gasteiger partial charge >= 0.3 is 6.09 Å². The molecular formula is C13H13ClN2O2. The lowest BCUT2D eigenvalue weighted by Gasteiger charge is -2.25. The third-order valence-electron chi connectivity index (χ3n) is 2.87. The second-order valence-electron chi connectivity index (χ2n) is 4.17. The van der Waals surface area contributed by atoms with Gasteiger partial charge in [0.05, 0.1) is 5.56 Å². The van der Waals surface area contributed by atoms with E-state index in [2.05, 4.69) is 0 Å². The van der Waals surface area contributed by atoms with E-state index in [-0.39, 0.29) is 11.3 Å². The molecule has 1 amide bonds. The lowest BCUT2D eigenvalue weighted by atomic mass is 10.1. The van der Waals surface area contributed by atoms with Crippen molar-refractivity contribution >= 4 is 17.7 Å². The van der Waals surface area contributed by atoms with Crippen molar-refractivity contribution < 1.29 is 9.53 Å². The fourth-order valence-corrected chi connectivity index (χ4v) is 2.09. The molecule has 1 fully saturated rings. The molecular weight excluding hydrogens is 252 g/mol. The minimum absolute atomic E-state index is 0.262. The molecule has 1 heterocycles. The Morgan fingerprint density at radius 3 is 2.72 bits per heavy atom.